The van der Waals surface area contributed by atoms with Crippen LogP contribution in [-0.4, -0.2) is 17.4 Å². The second kappa shape index (κ2) is 4.17. The number of carbonyl (C=O) groups excluding carboxylic acids is 2. The predicted octanol–water partition coefficient (Wildman–Crippen LogP) is 1.57. The van der Waals surface area contributed by atoms with Gasteiger partial charge in [0.15, 0.2) is 0 Å². The molecule has 0 radical (unpaired) electrons. The normalized spacial score (nSPS) is 27.0. The van der Waals surface area contributed by atoms with E-state index in [0.717, 1.165) is 5.56 Å². The van der Waals surface area contributed by atoms with Crippen molar-refractivity contribution in [3.63, 3.8) is 0 Å². The lowest BCUT2D eigenvalue weighted by molar-refractivity contribution is -0.129. The molecule has 0 saturated carbocycles. The lowest BCUT2D eigenvalue weighted by atomic mass is 9.99. The van der Waals surface area contributed by atoms with Gasteiger partial charge in [-0.15, -0.1) is 0 Å². The first-order valence-corrected chi connectivity index (χ1v) is 6.67. The third-order valence-electron chi connectivity index (χ3n) is 3.80. The highest BCUT2D eigenvalue weighted by Crippen LogP contribution is 2.53. The molecule has 0 aliphatic carbocycles. The van der Waals surface area contributed by atoms with Crippen molar-refractivity contribution in [2.24, 2.45) is 0 Å². The van der Waals surface area contributed by atoms with Gasteiger partial charge in [0.1, 0.15) is 6.10 Å². The van der Waals surface area contributed by atoms with Crippen LogP contribution in [0.2, 0.25) is 0 Å². The Hall–Kier alpha value is -2.66. The number of anilines is 1. The number of hydrogen-bond donors (Lipinski definition) is 1. The Labute approximate surface area is 121 Å². The fraction of sp³-hybridized carbons (Fsp3) is 0.125. The smallest absolute Gasteiger partial charge is 0.291 e. The molecule has 1 N–H and O–H groups in total. The third-order valence-corrected chi connectivity index (χ3v) is 3.80. The van der Waals surface area contributed by atoms with E-state index in [-0.39, 0.29) is 5.91 Å². The van der Waals surface area contributed by atoms with Gasteiger partial charge in [-0.05, 0) is 17.7 Å². The van der Waals surface area contributed by atoms with Crippen LogP contribution in [0.1, 0.15) is 11.7 Å². The monoisotopic (exact) mass is 280 g/mol. The Balaban J connectivity index is 1.67. The second-order valence-corrected chi connectivity index (χ2v) is 5.06. The Morgan fingerprint density at radius 2 is 1.57 bits per heavy atom. The first-order chi connectivity index (χ1) is 10.2. The average molecular weight is 280 g/mol. The molecule has 2 aromatic rings. The molecule has 0 aromatic heterocycles. The quantitative estimate of drug-likeness (QED) is 0.671. The number of epoxide rings is 1. The number of carbonyl (C=O) groups is 2. The summed E-state index contributed by atoms with van der Waals surface area (Å²) < 4.78 is 5.52. The molecule has 21 heavy (non-hydrogen) atoms. The molecule has 2 aliphatic heterocycles. The van der Waals surface area contributed by atoms with Gasteiger partial charge in [0.25, 0.3) is 17.4 Å². The summed E-state index contributed by atoms with van der Waals surface area (Å²) in [5.74, 6) is -0.780. The maximum absolute atomic E-state index is 12.6. The Bertz CT molecular complexity index is 717. The zero-order valence-electron chi connectivity index (χ0n) is 11.0. The first-order valence-electron chi connectivity index (χ1n) is 6.67. The standard InChI is InChI=1S/C16H12N2O3/c19-14-16(13(21-16)11-7-3-1-4-8-11)15(20)18(17-14)12-9-5-2-6-10-12/h1-10,13H,(H,17,19). The van der Waals surface area contributed by atoms with Gasteiger partial charge in [0.05, 0.1) is 5.69 Å². The summed E-state index contributed by atoms with van der Waals surface area (Å²) in [5.41, 5.74) is 2.64. The topological polar surface area (TPSA) is 61.9 Å². The number of amides is 2. The van der Waals surface area contributed by atoms with E-state index in [9.17, 15) is 9.59 Å². The van der Waals surface area contributed by atoms with Crippen molar-refractivity contribution in [2.75, 3.05) is 5.01 Å². The van der Waals surface area contributed by atoms with Crippen LogP contribution >= 0.6 is 0 Å². The summed E-state index contributed by atoms with van der Waals surface area (Å²) in [6, 6.07) is 18.3. The van der Waals surface area contributed by atoms with E-state index >= 15 is 0 Å². The summed E-state index contributed by atoms with van der Waals surface area (Å²) in [7, 11) is 0. The minimum absolute atomic E-state index is 0.368. The maximum atomic E-state index is 12.6. The van der Waals surface area contributed by atoms with E-state index in [0.29, 0.717) is 5.69 Å². The van der Waals surface area contributed by atoms with Gasteiger partial charge in [-0.1, -0.05) is 48.5 Å². The molecular weight excluding hydrogens is 268 g/mol. The molecule has 1 spiro atoms. The van der Waals surface area contributed by atoms with Gasteiger partial charge in [-0.3, -0.25) is 15.0 Å². The Kier molecular flexibility index (Phi) is 2.40. The summed E-state index contributed by atoms with van der Waals surface area (Å²) in [5, 5.41) is 1.26. The largest absolute Gasteiger partial charge is 0.341 e. The zero-order chi connectivity index (χ0) is 14.4. The van der Waals surface area contributed by atoms with E-state index in [1.54, 1.807) is 12.1 Å². The Morgan fingerprint density at radius 3 is 2.24 bits per heavy atom. The van der Waals surface area contributed by atoms with Crippen molar-refractivity contribution in [2.45, 2.75) is 11.7 Å². The highest BCUT2D eigenvalue weighted by atomic mass is 16.6. The van der Waals surface area contributed by atoms with Gasteiger partial charge < -0.3 is 4.74 Å². The minimum Gasteiger partial charge on any atom is -0.341 e. The number of ether oxygens (including phenoxy) is 1. The van der Waals surface area contributed by atoms with Gasteiger partial charge in [-0.25, -0.2) is 5.01 Å². The molecule has 5 nitrogen and oxygen atoms in total. The van der Waals surface area contributed by atoms with E-state index in [4.69, 9.17) is 4.74 Å². The molecule has 2 aliphatic rings. The summed E-state index contributed by atoms with van der Waals surface area (Å²) >= 11 is 0. The lowest BCUT2D eigenvalue weighted by Crippen LogP contribution is -2.36. The van der Waals surface area contributed by atoms with Gasteiger partial charge >= 0.3 is 0 Å². The third kappa shape index (κ3) is 1.61. The molecule has 2 atom stereocenters. The van der Waals surface area contributed by atoms with Crippen molar-refractivity contribution in [1.82, 2.24) is 5.43 Å². The number of nitrogens with zero attached hydrogens (tertiary/aromatic N) is 1. The van der Waals surface area contributed by atoms with Gasteiger partial charge in [-0.2, -0.15) is 0 Å². The zero-order valence-corrected chi connectivity index (χ0v) is 11.0. The number of para-hydroxylation sites is 1. The molecule has 2 unspecified atom stereocenters. The molecule has 2 saturated heterocycles. The van der Waals surface area contributed by atoms with Crippen molar-refractivity contribution in [3.05, 3.63) is 66.2 Å². The van der Waals surface area contributed by atoms with Crippen LogP contribution in [0.15, 0.2) is 60.7 Å². The molecule has 2 heterocycles. The number of rotatable bonds is 2. The van der Waals surface area contributed by atoms with Crippen LogP contribution in [0.4, 0.5) is 5.69 Å². The first kappa shape index (κ1) is 12.1. The maximum Gasteiger partial charge on any atom is 0.291 e. The van der Waals surface area contributed by atoms with Crippen molar-refractivity contribution >= 4 is 17.5 Å². The van der Waals surface area contributed by atoms with Crippen molar-refractivity contribution < 1.29 is 14.3 Å². The summed E-state index contributed by atoms with van der Waals surface area (Å²) in [6.45, 7) is 0. The molecule has 4 rings (SSSR count). The Morgan fingerprint density at radius 1 is 0.952 bits per heavy atom. The highest BCUT2D eigenvalue weighted by molar-refractivity contribution is 6.23. The molecule has 5 heteroatoms. The fourth-order valence-electron chi connectivity index (χ4n) is 2.68. The molecular formula is C16H12N2O3. The van der Waals surface area contributed by atoms with Gasteiger partial charge in [0, 0.05) is 0 Å². The van der Waals surface area contributed by atoms with Crippen LogP contribution in [0, 0.1) is 0 Å². The van der Waals surface area contributed by atoms with E-state index in [1.165, 1.54) is 5.01 Å². The molecule has 2 fully saturated rings. The number of nitrogens with one attached hydrogen (secondary N) is 1. The molecule has 104 valence electrons. The highest BCUT2D eigenvalue weighted by Gasteiger charge is 2.74. The SMILES string of the molecule is O=C1NN(c2ccccc2)C(=O)C12OC2c1ccccc1. The van der Waals surface area contributed by atoms with E-state index in [2.05, 4.69) is 5.43 Å². The van der Waals surface area contributed by atoms with Crippen LogP contribution in [0.5, 0.6) is 0 Å². The predicted molar refractivity (Wildman–Crippen MR) is 75.1 cm³/mol. The van der Waals surface area contributed by atoms with Crippen LogP contribution in [0.25, 0.3) is 0 Å². The molecule has 2 amide bonds. The summed E-state index contributed by atoms with van der Waals surface area (Å²) in [4.78, 5) is 24.8. The number of hydrazine groups is 1. The minimum atomic E-state index is -1.41. The van der Waals surface area contributed by atoms with Crippen LogP contribution < -0.4 is 10.4 Å². The summed E-state index contributed by atoms with van der Waals surface area (Å²) in [6.07, 6.45) is -0.514. The van der Waals surface area contributed by atoms with Gasteiger partial charge in [0.2, 0.25) is 0 Å². The van der Waals surface area contributed by atoms with Crippen molar-refractivity contribution in [1.29, 1.82) is 0 Å². The van der Waals surface area contributed by atoms with E-state index in [1.807, 2.05) is 48.5 Å². The lowest BCUT2D eigenvalue weighted by Gasteiger charge is -2.14. The van der Waals surface area contributed by atoms with Crippen LogP contribution in [-0.2, 0) is 14.3 Å². The molecule has 0 bridgehead atoms. The van der Waals surface area contributed by atoms with E-state index < -0.39 is 17.6 Å². The fourth-order valence-corrected chi connectivity index (χ4v) is 2.68. The second-order valence-electron chi connectivity index (χ2n) is 5.06. The number of benzene rings is 2. The van der Waals surface area contributed by atoms with Crippen molar-refractivity contribution in [3.8, 4) is 0 Å². The average Bonchev–Trinajstić information content (AvgIpc) is 3.25. The number of hydrogen-bond acceptors (Lipinski definition) is 3. The molecule has 2 aromatic carbocycles. The van der Waals surface area contributed by atoms with Crippen LogP contribution in [0.3, 0.4) is 0 Å².